The van der Waals surface area contributed by atoms with Crippen LogP contribution in [0.4, 0.5) is 14.5 Å². The first-order valence-electron chi connectivity index (χ1n) is 7.49. The Morgan fingerprint density at radius 3 is 2.46 bits per heavy atom. The fourth-order valence-electron chi connectivity index (χ4n) is 2.27. The first-order valence-corrected chi connectivity index (χ1v) is 7.49. The number of benzene rings is 2. The Morgan fingerprint density at radius 2 is 1.83 bits per heavy atom. The third kappa shape index (κ3) is 4.53. The second-order valence-corrected chi connectivity index (χ2v) is 5.19. The Morgan fingerprint density at radius 1 is 1.17 bits per heavy atom. The van der Waals surface area contributed by atoms with Crippen molar-refractivity contribution in [3.05, 3.63) is 65.2 Å². The maximum Gasteiger partial charge on any atom is 0.239 e. The number of hydrogen-bond donors (Lipinski definition) is 1. The van der Waals surface area contributed by atoms with E-state index in [1.165, 1.54) is 24.3 Å². The van der Waals surface area contributed by atoms with Crippen molar-refractivity contribution in [2.24, 2.45) is 0 Å². The molecule has 0 radical (unpaired) electrons. The summed E-state index contributed by atoms with van der Waals surface area (Å²) in [4.78, 5) is 13.8. The molecule has 0 fully saturated rings. The Hall–Kier alpha value is -2.94. The smallest absolute Gasteiger partial charge is 0.239 e. The molecule has 0 unspecified atom stereocenters. The van der Waals surface area contributed by atoms with E-state index in [1.807, 2.05) is 13.0 Å². The zero-order valence-corrected chi connectivity index (χ0v) is 13.2. The van der Waals surface area contributed by atoms with E-state index in [4.69, 9.17) is 5.26 Å². The third-order valence-corrected chi connectivity index (χ3v) is 3.54. The molecule has 0 heterocycles. The van der Waals surface area contributed by atoms with Gasteiger partial charge in [-0.25, -0.2) is 8.78 Å². The summed E-state index contributed by atoms with van der Waals surface area (Å²) < 4.78 is 26.1. The Bertz CT molecular complexity index is 754. The molecule has 0 aliphatic heterocycles. The van der Waals surface area contributed by atoms with Crippen molar-refractivity contribution < 1.29 is 13.6 Å². The number of nitriles is 1. The Labute approximate surface area is 139 Å². The van der Waals surface area contributed by atoms with Crippen molar-refractivity contribution in [1.29, 1.82) is 5.26 Å². The van der Waals surface area contributed by atoms with Crippen molar-refractivity contribution in [3.8, 4) is 6.07 Å². The largest absolute Gasteiger partial charge is 0.361 e. The topological polar surface area (TPSA) is 56.1 Å². The van der Waals surface area contributed by atoms with Crippen LogP contribution in [0, 0.1) is 23.0 Å². The molecule has 0 spiro atoms. The highest BCUT2D eigenvalue weighted by Crippen LogP contribution is 2.20. The molecule has 4 nitrogen and oxygen atoms in total. The van der Waals surface area contributed by atoms with E-state index in [2.05, 4.69) is 5.32 Å². The number of rotatable bonds is 6. The molecule has 0 saturated carbocycles. The van der Waals surface area contributed by atoms with Crippen LogP contribution in [-0.4, -0.2) is 19.0 Å². The summed E-state index contributed by atoms with van der Waals surface area (Å²) in [5, 5.41) is 11.9. The van der Waals surface area contributed by atoms with Gasteiger partial charge in [-0.3, -0.25) is 4.79 Å². The van der Waals surface area contributed by atoms with Gasteiger partial charge in [-0.05, 0) is 42.8 Å². The number of amides is 1. The molecule has 1 N–H and O–H groups in total. The van der Waals surface area contributed by atoms with E-state index in [0.29, 0.717) is 12.2 Å². The van der Waals surface area contributed by atoms with Gasteiger partial charge in [-0.1, -0.05) is 12.1 Å². The van der Waals surface area contributed by atoms with Gasteiger partial charge in [0.15, 0.2) is 0 Å². The summed E-state index contributed by atoms with van der Waals surface area (Å²) >= 11 is 0. The summed E-state index contributed by atoms with van der Waals surface area (Å²) in [6.45, 7) is 2.66. The van der Waals surface area contributed by atoms with Crippen LogP contribution in [0.2, 0.25) is 0 Å². The molecule has 0 saturated heterocycles. The molecule has 2 aromatic carbocycles. The van der Waals surface area contributed by atoms with Gasteiger partial charge in [-0.15, -0.1) is 0 Å². The predicted octanol–water partition coefficient (Wildman–Crippen LogP) is 2.98. The van der Waals surface area contributed by atoms with E-state index in [-0.39, 0.29) is 30.4 Å². The van der Waals surface area contributed by atoms with E-state index >= 15 is 0 Å². The molecule has 0 aromatic heterocycles. The lowest BCUT2D eigenvalue weighted by Gasteiger charge is -2.23. The van der Waals surface area contributed by atoms with Gasteiger partial charge in [0.25, 0.3) is 0 Å². The highest BCUT2D eigenvalue weighted by Gasteiger charge is 2.14. The summed E-state index contributed by atoms with van der Waals surface area (Å²) in [7, 11) is 0. The van der Waals surface area contributed by atoms with Crippen LogP contribution < -0.4 is 10.2 Å². The zero-order chi connectivity index (χ0) is 17.5. The minimum absolute atomic E-state index is 0.0397. The molecule has 2 rings (SSSR count). The van der Waals surface area contributed by atoms with Gasteiger partial charge in [0.2, 0.25) is 5.91 Å². The van der Waals surface area contributed by atoms with Crippen LogP contribution >= 0.6 is 0 Å². The lowest BCUT2D eigenvalue weighted by atomic mass is 10.1. The number of nitrogens with zero attached hydrogens (tertiary/aromatic N) is 2. The van der Waals surface area contributed by atoms with Gasteiger partial charge in [-0.2, -0.15) is 5.26 Å². The lowest BCUT2D eigenvalue weighted by molar-refractivity contribution is -0.119. The van der Waals surface area contributed by atoms with Crippen LogP contribution in [0.15, 0.2) is 42.5 Å². The summed E-state index contributed by atoms with van der Waals surface area (Å²) in [5.74, 6) is -1.07. The molecule has 124 valence electrons. The van der Waals surface area contributed by atoms with E-state index in [9.17, 15) is 13.6 Å². The summed E-state index contributed by atoms with van der Waals surface area (Å²) in [6, 6.07) is 11.7. The monoisotopic (exact) mass is 329 g/mol. The second-order valence-electron chi connectivity index (χ2n) is 5.19. The van der Waals surface area contributed by atoms with Gasteiger partial charge in [0.05, 0.1) is 17.8 Å². The number of carbonyl (C=O) groups excluding carboxylic acids is 1. The Balaban J connectivity index is 2.01. The van der Waals surface area contributed by atoms with Gasteiger partial charge >= 0.3 is 0 Å². The zero-order valence-electron chi connectivity index (χ0n) is 13.2. The van der Waals surface area contributed by atoms with Crippen molar-refractivity contribution in [2.75, 3.05) is 18.0 Å². The third-order valence-electron chi connectivity index (χ3n) is 3.54. The molecule has 1 amide bonds. The lowest BCUT2D eigenvalue weighted by Crippen LogP contribution is -2.37. The standard InChI is InChI=1S/C18H17F2N3O/c1-2-23(17-8-7-16(20)9-14(17)10-21)12-18(24)22-11-13-3-5-15(19)6-4-13/h3-9H,2,11-12H2,1H3,(H,22,24). The molecular formula is C18H17F2N3O. The van der Waals surface area contributed by atoms with Crippen molar-refractivity contribution in [1.82, 2.24) is 5.32 Å². The highest BCUT2D eigenvalue weighted by atomic mass is 19.1. The van der Waals surface area contributed by atoms with Gasteiger partial charge in [0.1, 0.15) is 17.7 Å². The van der Waals surface area contributed by atoms with E-state index < -0.39 is 5.82 Å². The number of carbonyl (C=O) groups is 1. The van der Waals surface area contributed by atoms with Crippen LogP contribution in [-0.2, 0) is 11.3 Å². The normalized spacial score (nSPS) is 10.1. The fraction of sp³-hybridized carbons (Fsp3) is 0.222. The number of anilines is 1. The quantitative estimate of drug-likeness (QED) is 0.886. The van der Waals surface area contributed by atoms with Crippen LogP contribution in [0.3, 0.4) is 0 Å². The molecule has 6 heteroatoms. The maximum absolute atomic E-state index is 13.2. The Kier molecular flexibility index (Phi) is 5.85. The molecular weight excluding hydrogens is 312 g/mol. The molecule has 2 aromatic rings. The molecule has 0 aliphatic rings. The average Bonchev–Trinajstić information content (AvgIpc) is 2.59. The number of halogens is 2. The first-order chi connectivity index (χ1) is 11.5. The predicted molar refractivity (Wildman–Crippen MR) is 87.2 cm³/mol. The van der Waals surface area contributed by atoms with E-state index in [0.717, 1.165) is 11.6 Å². The minimum atomic E-state index is -0.493. The van der Waals surface area contributed by atoms with Gasteiger partial charge < -0.3 is 10.2 Å². The van der Waals surface area contributed by atoms with Crippen LogP contribution in [0.1, 0.15) is 18.1 Å². The van der Waals surface area contributed by atoms with Gasteiger partial charge in [0, 0.05) is 13.1 Å². The molecule has 0 atom stereocenters. The average molecular weight is 329 g/mol. The minimum Gasteiger partial charge on any atom is -0.361 e. The number of likely N-dealkylation sites (N-methyl/N-ethyl adjacent to an activating group) is 1. The van der Waals surface area contributed by atoms with Crippen molar-refractivity contribution in [3.63, 3.8) is 0 Å². The molecule has 0 bridgehead atoms. The van der Waals surface area contributed by atoms with Crippen LogP contribution in [0.5, 0.6) is 0 Å². The molecule has 0 aliphatic carbocycles. The summed E-state index contributed by atoms with van der Waals surface area (Å²) in [5.41, 5.74) is 1.48. The SMILES string of the molecule is CCN(CC(=O)NCc1ccc(F)cc1)c1ccc(F)cc1C#N. The fourth-order valence-corrected chi connectivity index (χ4v) is 2.27. The number of hydrogen-bond acceptors (Lipinski definition) is 3. The second kappa shape index (κ2) is 8.06. The number of nitrogens with one attached hydrogen (secondary N) is 1. The van der Waals surface area contributed by atoms with Crippen molar-refractivity contribution >= 4 is 11.6 Å². The summed E-state index contributed by atoms with van der Waals surface area (Å²) in [6.07, 6.45) is 0. The van der Waals surface area contributed by atoms with E-state index in [1.54, 1.807) is 17.0 Å². The maximum atomic E-state index is 13.2. The molecule has 24 heavy (non-hydrogen) atoms. The highest BCUT2D eigenvalue weighted by molar-refractivity contribution is 5.82. The van der Waals surface area contributed by atoms with Crippen molar-refractivity contribution in [2.45, 2.75) is 13.5 Å². The first kappa shape index (κ1) is 17.4. The van der Waals surface area contributed by atoms with Crippen LogP contribution in [0.25, 0.3) is 0 Å².